The molecule has 0 radical (unpaired) electrons. The molecule has 0 unspecified atom stereocenters. The van der Waals surface area contributed by atoms with Crippen LogP contribution in [0.1, 0.15) is 0 Å². The van der Waals surface area contributed by atoms with Crippen molar-refractivity contribution in [1.29, 1.82) is 0 Å². The lowest BCUT2D eigenvalue weighted by Gasteiger charge is -2.16. The molecule has 1 saturated heterocycles. The molecule has 1 nitrogen and oxygen atoms in total. The maximum Gasteiger partial charge on any atom is 0.0245 e. The van der Waals surface area contributed by atoms with Crippen LogP contribution in [0.5, 0.6) is 0 Å². The van der Waals surface area contributed by atoms with Gasteiger partial charge in [0, 0.05) is 40.6 Å². The van der Waals surface area contributed by atoms with Crippen LogP contribution in [0.4, 0.5) is 0 Å². The van der Waals surface area contributed by atoms with Crippen molar-refractivity contribution >= 4 is 35.3 Å². The third kappa shape index (κ3) is 4.90. The van der Waals surface area contributed by atoms with Gasteiger partial charge >= 0.3 is 0 Å². The molecule has 4 heteroatoms. The summed E-state index contributed by atoms with van der Waals surface area (Å²) in [6, 6.07) is 0.725. The van der Waals surface area contributed by atoms with E-state index in [4.69, 9.17) is 0 Å². The molecule has 72 valence electrons. The second kappa shape index (κ2) is 7.42. The molecule has 1 fully saturated rings. The Kier molecular flexibility index (Phi) is 6.85. The first-order valence-corrected chi connectivity index (χ1v) is 7.80. The monoisotopic (exact) mass is 223 g/mol. The summed E-state index contributed by atoms with van der Waals surface area (Å²) in [7, 11) is 2.08. The molecule has 0 atom stereocenters. The summed E-state index contributed by atoms with van der Waals surface area (Å²) in [5.74, 6) is 7.89. The van der Waals surface area contributed by atoms with Crippen molar-refractivity contribution in [2.75, 3.05) is 41.6 Å². The van der Waals surface area contributed by atoms with Gasteiger partial charge < -0.3 is 5.32 Å². The molecule has 0 aliphatic carbocycles. The number of hydrogen-bond donors (Lipinski definition) is 1. The SMILES string of the molecule is CNC1CSCCSCCSC1. The van der Waals surface area contributed by atoms with Crippen molar-refractivity contribution in [3.63, 3.8) is 0 Å². The van der Waals surface area contributed by atoms with Crippen molar-refractivity contribution in [2.24, 2.45) is 0 Å². The molecule has 1 rings (SSSR count). The van der Waals surface area contributed by atoms with Crippen molar-refractivity contribution in [3.8, 4) is 0 Å². The van der Waals surface area contributed by atoms with Crippen LogP contribution in [0.15, 0.2) is 0 Å². The lowest BCUT2D eigenvalue weighted by Crippen LogP contribution is -2.30. The molecular weight excluding hydrogens is 206 g/mol. The Morgan fingerprint density at radius 1 is 0.917 bits per heavy atom. The van der Waals surface area contributed by atoms with E-state index < -0.39 is 0 Å². The molecule has 1 heterocycles. The highest BCUT2D eigenvalue weighted by atomic mass is 32.2. The van der Waals surface area contributed by atoms with Crippen molar-refractivity contribution < 1.29 is 0 Å². The van der Waals surface area contributed by atoms with Crippen LogP contribution in [0, 0.1) is 0 Å². The van der Waals surface area contributed by atoms with Gasteiger partial charge in [-0.25, -0.2) is 0 Å². The first-order valence-electron chi connectivity index (χ1n) is 4.34. The Morgan fingerprint density at radius 3 is 1.92 bits per heavy atom. The van der Waals surface area contributed by atoms with Gasteiger partial charge in [0.1, 0.15) is 0 Å². The second-order valence-corrected chi connectivity index (χ2v) is 6.27. The van der Waals surface area contributed by atoms with Crippen LogP contribution < -0.4 is 5.32 Å². The summed E-state index contributed by atoms with van der Waals surface area (Å²) in [4.78, 5) is 0. The van der Waals surface area contributed by atoms with Crippen molar-refractivity contribution in [2.45, 2.75) is 6.04 Å². The van der Waals surface area contributed by atoms with Gasteiger partial charge in [-0.15, -0.1) is 0 Å². The quantitative estimate of drug-likeness (QED) is 0.727. The standard InChI is InChI=1S/C8H17NS3/c1-9-8-6-11-4-2-10-3-5-12-7-8/h8-9H,2-7H2,1H3. The summed E-state index contributed by atoms with van der Waals surface area (Å²) >= 11 is 6.27. The highest BCUT2D eigenvalue weighted by Crippen LogP contribution is 2.15. The van der Waals surface area contributed by atoms with E-state index >= 15 is 0 Å². The highest BCUT2D eigenvalue weighted by Gasteiger charge is 2.07. The summed E-state index contributed by atoms with van der Waals surface area (Å²) < 4.78 is 0. The van der Waals surface area contributed by atoms with E-state index in [9.17, 15) is 0 Å². The Hall–Kier alpha value is 1.01. The van der Waals surface area contributed by atoms with Crippen LogP contribution >= 0.6 is 35.3 Å². The molecule has 1 aliphatic rings. The Balaban J connectivity index is 2.17. The third-order valence-corrected chi connectivity index (χ3v) is 5.55. The molecule has 0 aromatic rings. The van der Waals surface area contributed by atoms with Crippen LogP contribution in [-0.4, -0.2) is 47.6 Å². The number of rotatable bonds is 1. The average Bonchev–Trinajstić information content (AvgIpc) is 2.14. The number of thioether (sulfide) groups is 3. The number of nitrogens with one attached hydrogen (secondary N) is 1. The van der Waals surface area contributed by atoms with E-state index in [1.54, 1.807) is 0 Å². The van der Waals surface area contributed by atoms with E-state index in [-0.39, 0.29) is 0 Å². The lowest BCUT2D eigenvalue weighted by molar-refractivity contribution is 0.687. The summed E-state index contributed by atoms with van der Waals surface area (Å²) in [6.07, 6.45) is 0. The van der Waals surface area contributed by atoms with Gasteiger partial charge in [0.05, 0.1) is 0 Å². The third-order valence-electron chi connectivity index (χ3n) is 1.79. The van der Waals surface area contributed by atoms with E-state index in [0.29, 0.717) is 0 Å². The van der Waals surface area contributed by atoms with Gasteiger partial charge in [-0.3, -0.25) is 0 Å². The van der Waals surface area contributed by atoms with E-state index in [1.807, 2.05) is 0 Å². The molecule has 1 aliphatic heterocycles. The summed E-state index contributed by atoms with van der Waals surface area (Å²) in [5, 5.41) is 3.37. The topological polar surface area (TPSA) is 12.0 Å². The highest BCUT2D eigenvalue weighted by molar-refractivity contribution is 8.04. The van der Waals surface area contributed by atoms with E-state index in [2.05, 4.69) is 47.7 Å². The maximum absolute atomic E-state index is 3.37. The van der Waals surface area contributed by atoms with Gasteiger partial charge in [0.15, 0.2) is 0 Å². The predicted molar refractivity (Wildman–Crippen MR) is 64.8 cm³/mol. The molecule has 0 aromatic heterocycles. The van der Waals surface area contributed by atoms with Crippen molar-refractivity contribution in [1.82, 2.24) is 5.32 Å². The van der Waals surface area contributed by atoms with Gasteiger partial charge in [-0.2, -0.15) is 35.3 Å². The minimum Gasteiger partial charge on any atom is -0.315 e. The second-order valence-electron chi connectivity index (χ2n) is 2.75. The lowest BCUT2D eigenvalue weighted by atomic mass is 10.4. The smallest absolute Gasteiger partial charge is 0.0245 e. The van der Waals surface area contributed by atoms with Crippen LogP contribution in [0.3, 0.4) is 0 Å². The van der Waals surface area contributed by atoms with Gasteiger partial charge in [0.25, 0.3) is 0 Å². The van der Waals surface area contributed by atoms with Crippen LogP contribution in [-0.2, 0) is 0 Å². The molecule has 0 bridgehead atoms. The first kappa shape index (κ1) is 11.1. The molecule has 0 aromatic carbocycles. The fourth-order valence-electron chi connectivity index (χ4n) is 1.00. The van der Waals surface area contributed by atoms with Gasteiger partial charge in [-0.1, -0.05) is 0 Å². The van der Waals surface area contributed by atoms with Crippen LogP contribution in [0.25, 0.3) is 0 Å². The van der Waals surface area contributed by atoms with E-state index in [0.717, 1.165) is 6.04 Å². The van der Waals surface area contributed by atoms with Gasteiger partial charge in [-0.05, 0) is 7.05 Å². The largest absolute Gasteiger partial charge is 0.315 e. The zero-order valence-electron chi connectivity index (χ0n) is 7.54. The summed E-state index contributed by atoms with van der Waals surface area (Å²) in [5.41, 5.74) is 0. The Bertz CT molecular complexity index is 100. The molecule has 12 heavy (non-hydrogen) atoms. The minimum absolute atomic E-state index is 0.725. The van der Waals surface area contributed by atoms with E-state index in [1.165, 1.54) is 34.5 Å². The zero-order valence-corrected chi connectivity index (χ0v) is 9.99. The zero-order chi connectivity index (χ0) is 8.65. The molecular formula is C8H17NS3. The average molecular weight is 223 g/mol. The van der Waals surface area contributed by atoms with Crippen molar-refractivity contribution in [3.05, 3.63) is 0 Å². The first-order chi connectivity index (χ1) is 5.93. The molecule has 0 saturated carbocycles. The molecule has 0 amide bonds. The maximum atomic E-state index is 3.37. The minimum atomic E-state index is 0.725. The summed E-state index contributed by atoms with van der Waals surface area (Å²) in [6.45, 7) is 0. The van der Waals surface area contributed by atoms with Gasteiger partial charge in [0.2, 0.25) is 0 Å². The molecule has 0 spiro atoms. The fraction of sp³-hybridized carbons (Fsp3) is 1.00. The normalized spacial score (nSPS) is 23.8. The predicted octanol–water partition coefficient (Wildman–Crippen LogP) is 1.79. The Labute approximate surface area is 88.2 Å². The fourth-order valence-corrected chi connectivity index (χ4v) is 4.71. The Morgan fingerprint density at radius 2 is 1.42 bits per heavy atom. The number of hydrogen-bond acceptors (Lipinski definition) is 4. The molecule has 1 N–H and O–H groups in total. The van der Waals surface area contributed by atoms with Crippen LogP contribution in [0.2, 0.25) is 0 Å².